The molecule has 0 aliphatic heterocycles. The Hall–Kier alpha value is -0.920. The normalized spacial score (nSPS) is 26.2. The van der Waals surface area contributed by atoms with Gasteiger partial charge in [0.15, 0.2) is 5.78 Å². The molecule has 0 bridgehead atoms. The summed E-state index contributed by atoms with van der Waals surface area (Å²) in [5.74, 6) is 0.0815. The number of Topliss-reactive ketones (excluding diaryl/α,β-unsaturated/α-hetero) is 1. The van der Waals surface area contributed by atoms with E-state index in [2.05, 4.69) is 6.07 Å². The van der Waals surface area contributed by atoms with E-state index in [0.717, 1.165) is 12.8 Å². The van der Waals surface area contributed by atoms with Crippen LogP contribution in [-0.4, -0.2) is 32.7 Å². The van der Waals surface area contributed by atoms with Crippen LogP contribution in [-0.2, 0) is 14.3 Å². The van der Waals surface area contributed by atoms with Crippen molar-refractivity contribution >= 4 is 5.78 Å². The predicted molar refractivity (Wildman–Crippen MR) is 68.0 cm³/mol. The molecule has 18 heavy (non-hydrogen) atoms. The first-order valence-electron chi connectivity index (χ1n) is 6.51. The number of methoxy groups -OCH3 is 1. The Morgan fingerprint density at radius 1 is 1.28 bits per heavy atom. The third kappa shape index (κ3) is 3.30. The van der Waals surface area contributed by atoms with E-state index in [1.54, 1.807) is 7.11 Å². The van der Waals surface area contributed by atoms with Crippen LogP contribution in [0, 0.1) is 22.2 Å². The lowest BCUT2D eigenvalue weighted by atomic mass is 9.79. The van der Waals surface area contributed by atoms with Gasteiger partial charge in [-0.05, 0) is 25.7 Å². The maximum absolute atomic E-state index is 12.2. The van der Waals surface area contributed by atoms with Crippen molar-refractivity contribution in [3.05, 3.63) is 0 Å². The largest absolute Gasteiger partial charge is 0.385 e. The summed E-state index contributed by atoms with van der Waals surface area (Å²) >= 11 is 0. The van der Waals surface area contributed by atoms with Crippen LogP contribution >= 0.6 is 0 Å². The van der Waals surface area contributed by atoms with Crippen LogP contribution in [0.25, 0.3) is 0 Å². The summed E-state index contributed by atoms with van der Waals surface area (Å²) in [5.41, 5.74) is -1.17. The highest BCUT2D eigenvalue weighted by atomic mass is 16.5. The number of nitriles is 1. The number of hydrogen-bond donors (Lipinski definition) is 0. The highest BCUT2D eigenvalue weighted by Gasteiger charge is 2.51. The molecule has 1 saturated carbocycles. The Morgan fingerprint density at radius 2 is 2.00 bits per heavy atom. The molecule has 4 heteroatoms. The third-order valence-electron chi connectivity index (χ3n) is 3.75. The third-order valence-corrected chi connectivity index (χ3v) is 3.75. The summed E-state index contributed by atoms with van der Waals surface area (Å²) in [7, 11) is 1.66. The summed E-state index contributed by atoms with van der Waals surface area (Å²) in [6.07, 6.45) is 2.81. The SMILES string of the molecule is COCCCOCCC1(C#N)CCC(C)(C)C1=O. The molecule has 102 valence electrons. The molecular weight excluding hydrogens is 230 g/mol. The van der Waals surface area contributed by atoms with Crippen molar-refractivity contribution in [2.75, 3.05) is 26.9 Å². The van der Waals surface area contributed by atoms with Crippen LogP contribution in [0.1, 0.15) is 39.5 Å². The Balaban J connectivity index is 2.40. The predicted octanol–water partition coefficient (Wildman–Crippen LogP) is 2.33. The van der Waals surface area contributed by atoms with Gasteiger partial charge in [0.1, 0.15) is 5.41 Å². The summed E-state index contributed by atoms with van der Waals surface area (Å²) in [6, 6.07) is 2.23. The van der Waals surface area contributed by atoms with Gasteiger partial charge in [-0.1, -0.05) is 13.8 Å². The lowest BCUT2D eigenvalue weighted by molar-refractivity contribution is -0.130. The fraction of sp³-hybridized carbons (Fsp3) is 0.857. The van der Waals surface area contributed by atoms with Gasteiger partial charge in [0, 0.05) is 32.3 Å². The van der Waals surface area contributed by atoms with Crippen LogP contribution in [0.15, 0.2) is 0 Å². The summed E-state index contributed by atoms with van der Waals surface area (Å²) in [5, 5.41) is 9.31. The Kier molecular flexibility index (Phi) is 5.30. The van der Waals surface area contributed by atoms with Gasteiger partial charge in [0.25, 0.3) is 0 Å². The number of carbonyl (C=O) groups excluding carboxylic acids is 1. The molecule has 1 aliphatic carbocycles. The number of hydrogen-bond acceptors (Lipinski definition) is 4. The molecule has 0 saturated heterocycles. The minimum atomic E-state index is -0.815. The fourth-order valence-corrected chi connectivity index (χ4v) is 2.46. The first kappa shape index (κ1) is 15.1. The molecule has 0 aromatic heterocycles. The highest BCUT2D eigenvalue weighted by Crippen LogP contribution is 2.47. The van der Waals surface area contributed by atoms with Gasteiger partial charge in [-0.2, -0.15) is 5.26 Å². The van der Waals surface area contributed by atoms with Crippen molar-refractivity contribution in [3.8, 4) is 6.07 Å². The smallest absolute Gasteiger partial charge is 0.158 e. The number of rotatable bonds is 7. The zero-order valence-electron chi connectivity index (χ0n) is 11.6. The molecule has 4 nitrogen and oxygen atoms in total. The van der Waals surface area contributed by atoms with E-state index in [0.29, 0.717) is 32.7 Å². The summed E-state index contributed by atoms with van der Waals surface area (Å²) < 4.78 is 10.4. The molecule has 0 aromatic rings. The fourth-order valence-electron chi connectivity index (χ4n) is 2.46. The number of ether oxygens (including phenoxy) is 2. The van der Waals surface area contributed by atoms with Crippen molar-refractivity contribution in [3.63, 3.8) is 0 Å². The van der Waals surface area contributed by atoms with E-state index in [1.165, 1.54) is 0 Å². The molecule has 0 amide bonds. The van der Waals surface area contributed by atoms with Crippen molar-refractivity contribution in [1.29, 1.82) is 5.26 Å². The Morgan fingerprint density at radius 3 is 2.50 bits per heavy atom. The number of nitrogens with zero attached hydrogens (tertiary/aromatic N) is 1. The van der Waals surface area contributed by atoms with Crippen LogP contribution in [0.2, 0.25) is 0 Å². The van der Waals surface area contributed by atoms with E-state index in [-0.39, 0.29) is 11.2 Å². The number of carbonyl (C=O) groups is 1. The van der Waals surface area contributed by atoms with Gasteiger partial charge >= 0.3 is 0 Å². The topological polar surface area (TPSA) is 59.3 Å². The van der Waals surface area contributed by atoms with Gasteiger partial charge in [-0.15, -0.1) is 0 Å². The summed E-state index contributed by atoms with van der Waals surface area (Å²) in [4.78, 5) is 12.2. The Labute approximate surface area is 109 Å². The zero-order chi connectivity index (χ0) is 13.6. The van der Waals surface area contributed by atoms with E-state index in [9.17, 15) is 10.1 Å². The van der Waals surface area contributed by atoms with E-state index in [4.69, 9.17) is 9.47 Å². The maximum atomic E-state index is 12.2. The molecule has 0 N–H and O–H groups in total. The Bertz CT molecular complexity index is 332. The van der Waals surface area contributed by atoms with Crippen molar-refractivity contribution in [2.45, 2.75) is 39.5 Å². The first-order valence-corrected chi connectivity index (χ1v) is 6.51. The second-order valence-corrected chi connectivity index (χ2v) is 5.62. The lowest BCUT2D eigenvalue weighted by Crippen LogP contribution is -2.32. The minimum Gasteiger partial charge on any atom is -0.385 e. The van der Waals surface area contributed by atoms with Crippen LogP contribution in [0.5, 0.6) is 0 Å². The van der Waals surface area contributed by atoms with Gasteiger partial charge in [-0.25, -0.2) is 0 Å². The molecule has 1 atom stereocenters. The van der Waals surface area contributed by atoms with Crippen molar-refractivity contribution in [2.24, 2.45) is 10.8 Å². The zero-order valence-corrected chi connectivity index (χ0v) is 11.6. The van der Waals surface area contributed by atoms with E-state index < -0.39 is 5.41 Å². The molecule has 1 aliphatic rings. The van der Waals surface area contributed by atoms with Crippen molar-refractivity contribution in [1.82, 2.24) is 0 Å². The molecule has 0 radical (unpaired) electrons. The second-order valence-electron chi connectivity index (χ2n) is 5.62. The highest BCUT2D eigenvalue weighted by molar-refractivity contribution is 5.94. The molecule has 1 rings (SSSR count). The van der Waals surface area contributed by atoms with E-state index >= 15 is 0 Å². The van der Waals surface area contributed by atoms with Crippen LogP contribution in [0.4, 0.5) is 0 Å². The molecule has 1 fully saturated rings. The van der Waals surface area contributed by atoms with Gasteiger partial charge in [0.2, 0.25) is 0 Å². The summed E-state index contributed by atoms with van der Waals surface area (Å²) in [6.45, 7) is 5.61. The maximum Gasteiger partial charge on any atom is 0.158 e. The molecule has 0 aromatic carbocycles. The molecule has 0 spiro atoms. The quantitative estimate of drug-likeness (QED) is 0.653. The van der Waals surface area contributed by atoms with E-state index in [1.807, 2.05) is 13.8 Å². The minimum absolute atomic E-state index is 0.0815. The van der Waals surface area contributed by atoms with Crippen LogP contribution < -0.4 is 0 Å². The molecule has 1 unspecified atom stereocenters. The lowest BCUT2D eigenvalue weighted by Gasteiger charge is -2.22. The molecular formula is C14H23NO3. The van der Waals surface area contributed by atoms with Gasteiger partial charge in [-0.3, -0.25) is 4.79 Å². The van der Waals surface area contributed by atoms with Crippen molar-refractivity contribution < 1.29 is 14.3 Å². The molecule has 0 heterocycles. The average molecular weight is 253 g/mol. The van der Waals surface area contributed by atoms with Crippen LogP contribution in [0.3, 0.4) is 0 Å². The van der Waals surface area contributed by atoms with Gasteiger partial charge in [0.05, 0.1) is 6.07 Å². The first-order chi connectivity index (χ1) is 8.48. The number of ketones is 1. The van der Waals surface area contributed by atoms with Gasteiger partial charge < -0.3 is 9.47 Å². The monoisotopic (exact) mass is 253 g/mol. The average Bonchev–Trinajstić information content (AvgIpc) is 2.58. The standard InChI is InChI=1S/C14H23NO3/c1-13(2)5-6-14(11-15,12(13)16)7-10-18-9-4-8-17-3/h4-10H2,1-3H3. The second kappa shape index (κ2) is 6.31.